The normalized spacial score (nSPS) is 14.0. The molecule has 0 spiro atoms. The van der Waals surface area contributed by atoms with Crippen LogP contribution < -0.4 is 4.57 Å². The molecule has 1 aliphatic rings. The maximum absolute atomic E-state index is 10.5. The third-order valence-corrected chi connectivity index (χ3v) is 3.73. The lowest BCUT2D eigenvalue weighted by Crippen LogP contribution is -2.32. The van der Waals surface area contributed by atoms with E-state index in [1.807, 2.05) is 5.38 Å². The number of aromatic nitrogens is 1. The van der Waals surface area contributed by atoms with Gasteiger partial charge in [0.2, 0.25) is 10.8 Å². The standard InChI is InChI=1S/C10H9N2O3S/c13-12(14)9-4-3-8(15-9)7-6-16-10-2-1-5-11(7)10/h3-4,6H,1-2,5H2/q+1. The average molecular weight is 237 g/mol. The Morgan fingerprint density at radius 2 is 2.38 bits per heavy atom. The molecule has 5 nitrogen and oxygen atoms in total. The van der Waals surface area contributed by atoms with Crippen molar-refractivity contribution < 1.29 is 13.9 Å². The first-order chi connectivity index (χ1) is 7.75. The third kappa shape index (κ3) is 1.34. The van der Waals surface area contributed by atoms with Crippen molar-refractivity contribution >= 4 is 17.2 Å². The van der Waals surface area contributed by atoms with E-state index < -0.39 is 4.92 Å². The van der Waals surface area contributed by atoms with Crippen molar-refractivity contribution in [3.05, 3.63) is 32.6 Å². The summed E-state index contributed by atoms with van der Waals surface area (Å²) in [6.07, 6.45) is 2.23. The number of hydrogen-bond donors (Lipinski definition) is 0. The van der Waals surface area contributed by atoms with Gasteiger partial charge in [0, 0.05) is 12.8 Å². The minimum atomic E-state index is -0.513. The lowest BCUT2D eigenvalue weighted by Gasteiger charge is -1.89. The van der Waals surface area contributed by atoms with E-state index in [9.17, 15) is 10.1 Å². The Morgan fingerprint density at radius 1 is 1.50 bits per heavy atom. The van der Waals surface area contributed by atoms with Crippen LogP contribution in [0.2, 0.25) is 0 Å². The molecule has 0 atom stereocenters. The molecular weight excluding hydrogens is 228 g/mol. The van der Waals surface area contributed by atoms with E-state index in [1.165, 1.54) is 11.1 Å². The minimum absolute atomic E-state index is 0.200. The highest BCUT2D eigenvalue weighted by molar-refractivity contribution is 7.09. The molecule has 1 aliphatic heterocycles. The van der Waals surface area contributed by atoms with Crippen LogP contribution in [0.1, 0.15) is 11.4 Å². The Balaban J connectivity index is 2.05. The first kappa shape index (κ1) is 9.53. The van der Waals surface area contributed by atoms with E-state index in [1.54, 1.807) is 17.4 Å². The molecule has 3 heterocycles. The van der Waals surface area contributed by atoms with Gasteiger partial charge >= 0.3 is 5.88 Å². The number of fused-ring (bicyclic) bond motifs is 1. The number of furan rings is 1. The molecule has 2 aromatic heterocycles. The maximum Gasteiger partial charge on any atom is 0.433 e. The topological polar surface area (TPSA) is 60.2 Å². The quantitative estimate of drug-likeness (QED) is 0.457. The highest BCUT2D eigenvalue weighted by atomic mass is 32.1. The van der Waals surface area contributed by atoms with Crippen molar-refractivity contribution in [2.24, 2.45) is 0 Å². The van der Waals surface area contributed by atoms with Crippen molar-refractivity contribution in [1.29, 1.82) is 0 Å². The molecule has 0 saturated heterocycles. The molecule has 0 aromatic carbocycles. The van der Waals surface area contributed by atoms with Gasteiger partial charge in [0.25, 0.3) is 5.69 Å². The van der Waals surface area contributed by atoms with E-state index in [-0.39, 0.29) is 5.88 Å². The predicted molar refractivity (Wildman–Crippen MR) is 57.2 cm³/mol. The fraction of sp³-hybridized carbons (Fsp3) is 0.300. The van der Waals surface area contributed by atoms with E-state index in [2.05, 4.69) is 4.57 Å². The molecule has 2 aromatic rings. The molecule has 6 heteroatoms. The van der Waals surface area contributed by atoms with Gasteiger partial charge in [-0.1, -0.05) is 11.3 Å². The van der Waals surface area contributed by atoms with Gasteiger partial charge in [0.05, 0.1) is 11.4 Å². The van der Waals surface area contributed by atoms with Crippen LogP contribution in [0.15, 0.2) is 21.9 Å². The summed E-state index contributed by atoms with van der Waals surface area (Å²) in [6.45, 7) is 0.975. The summed E-state index contributed by atoms with van der Waals surface area (Å²) in [5.74, 6) is 0.379. The highest BCUT2D eigenvalue weighted by Gasteiger charge is 2.29. The van der Waals surface area contributed by atoms with Crippen molar-refractivity contribution in [1.82, 2.24) is 0 Å². The van der Waals surface area contributed by atoms with Crippen LogP contribution in [-0.2, 0) is 13.0 Å². The summed E-state index contributed by atoms with van der Waals surface area (Å²) >= 11 is 1.68. The molecule has 0 bridgehead atoms. The Labute approximate surface area is 95.1 Å². The molecular formula is C10H9N2O3S+. The van der Waals surface area contributed by atoms with Crippen LogP contribution in [-0.4, -0.2) is 4.92 Å². The Bertz CT molecular complexity index is 558. The molecule has 0 amide bonds. The van der Waals surface area contributed by atoms with Gasteiger partial charge in [0.1, 0.15) is 4.92 Å². The van der Waals surface area contributed by atoms with Gasteiger partial charge in [0.15, 0.2) is 6.54 Å². The molecule has 3 rings (SSSR count). The number of hydrogen-bond acceptors (Lipinski definition) is 4. The smallest absolute Gasteiger partial charge is 0.394 e. The van der Waals surface area contributed by atoms with E-state index in [0.29, 0.717) is 5.76 Å². The van der Waals surface area contributed by atoms with Gasteiger partial charge in [-0.05, 0) is 6.07 Å². The summed E-state index contributed by atoms with van der Waals surface area (Å²) in [6, 6.07) is 3.06. The van der Waals surface area contributed by atoms with Gasteiger partial charge < -0.3 is 4.42 Å². The van der Waals surface area contributed by atoms with Crippen LogP contribution >= 0.6 is 11.3 Å². The number of nitro groups is 1. The van der Waals surface area contributed by atoms with Crippen molar-refractivity contribution in [3.8, 4) is 11.5 Å². The second kappa shape index (κ2) is 3.41. The first-order valence-electron chi connectivity index (χ1n) is 5.00. The van der Waals surface area contributed by atoms with Crippen molar-refractivity contribution in [2.45, 2.75) is 19.4 Å². The van der Waals surface area contributed by atoms with Crippen LogP contribution in [0.4, 0.5) is 5.88 Å². The fourth-order valence-electron chi connectivity index (χ4n) is 1.97. The summed E-state index contributed by atoms with van der Waals surface area (Å²) < 4.78 is 7.38. The van der Waals surface area contributed by atoms with Crippen LogP contribution in [0.5, 0.6) is 0 Å². The van der Waals surface area contributed by atoms with Gasteiger partial charge in [-0.15, -0.1) is 0 Å². The molecule has 16 heavy (non-hydrogen) atoms. The van der Waals surface area contributed by atoms with Crippen LogP contribution in [0.25, 0.3) is 11.5 Å². The van der Waals surface area contributed by atoms with Crippen molar-refractivity contribution in [2.75, 3.05) is 0 Å². The molecule has 82 valence electrons. The zero-order chi connectivity index (χ0) is 11.1. The van der Waals surface area contributed by atoms with E-state index in [0.717, 1.165) is 25.1 Å². The van der Waals surface area contributed by atoms with Crippen LogP contribution in [0.3, 0.4) is 0 Å². The zero-order valence-electron chi connectivity index (χ0n) is 8.38. The van der Waals surface area contributed by atoms with Gasteiger partial charge in [-0.3, -0.25) is 10.1 Å². The zero-order valence-corrected chi connectivity index (χ0v) is 9.20. The van der Waals surface area contributed by atoms with Crippen molar-refractivity contribution in [3.63, 3.8) is 0 Å². The van der Waals surface area contributed by atoms with Gasteiger partial charge in [-0.2, -0.15) is 4.57 Å². The molecule has 0 unspecified atom stereocenters. The van der Waals surface area contributed by atoms with E-state index >= 15 is 0 Å². The van der Waals surface area contributed by atoms with Gasteiger partial charge in [-0.25, -0.2) is 0 Å². The summed E-state index contributed by atoms with van der Waals surface area (Å²) in [5, 5.41) is 13.8. The predicted octanol–water partition coefficient (Wildman–Crippen LogP) is 2.15. The average Bonchev–Trinajstić information content (AvgIpc) is 2.92. The second-order valence-electron chi connectivity index (χ2n) is 3.66. The lowest BCUT2D eigenvalue weighted by molar-refractivity contribution is -0.675. The second-order valence-corrected chi connectivity index (χ2v) is 4.61. The highest BCUT2D eigenvalue weighted by Crippen LogP contribution is 2.28. The molecule has 0 fully saturated rings. The maximum atomic E-state index is 10.5. The molecule has 0 radical (unpaired) electrons. The number of thiazole rings is 1. The Kier molecular flexibility index (Phi) is 2.03. The molecule has 0 aliphatic carbocycles. The monoisotopic (exact) mass is 237 g/mol. The number of nitrogens with zero attached hydrogens (tertiary/aromatic N) is 2. The van der Waals surface area contributed by atoms with E-state index in [4.69, 9.17) is 4.42 Å². The Morgan fingerprint density at radius 3 is 3.12 bits per heavy atom. The molecule has 0 N–H and O–H groups in total. The number of aryl methyl sites for hydroxylation is 1. The largest absolute Gasteiger partial charge is 0.433 e. The summed E-state index contributed by atoms with van der Waals surface area (Å²) in [5.41, 5.74) is 0.950. The summed E-state index contributed by atoms with van der Waals surface area (Å²) in [4.78, 5) is 10.0. The Hall–Kier alpha value is -1.69. The minimum Gasteiger partial charge on any atom is -0.394 e. The molecule has 0 saturated carbocycles. The number of rotatable bonds is 2. The summed E-state index contributed by atoms with van der Waals surface area (Å²) in [7, 11) is 0. The third-order valence-electron chi connectivity index (χ3n) is 2.70. The fourth-order valence-corrected chi connectivity index (χ4v) is 3.04. The SMILES string of the molecule is O=[N+]([O-])c1ccc(-c2csc3[n+]2CCC3)o1. The lowest BCUT2D eigenvalue weighted by atomic mass is 10.3. The van der Waals surface area contributed by atoms with Crippen LogP contribution in [0, 0.1) is 10.1 Å². The first-order valence-corrected chi connectivity index (χ1v) is 5.88.